The van der Waals surface area contributed by atoms with Crippen molar-refractivity contribution in [1.29, 1.82) is 0 Å². The topological polar surface area (TPSA) is 8.17 Å². The maximum absolute atomic E-state index is 2.63. The van der Waals surface area contributed by atoms with Crippen molar-refractivity contribution in [1.82, 2.24) is 4.57 Å². The van der Waals surface area contributed by atoms with Crippen LogP contribution in [0.3, 0.4) is 0 Å². The Morgan fingerprint density at radius 1 is 0.284 bits per heavy atom. The molecule has 344 valence electrons. The Hall–Kier alpha value is -9.50. The summed E-state index contributed by atoms with van der Waals surface area (Å²) < 4.78 is 2.54. The second kappa shape index (κ2) is 15.5. The van der Waals surface area contributed by atoms with Gasteiger partial charge in [-0.05, 0) is 102 Å². The average Bonchev–Trinajstić information content (AvgIpc) is 4.25. The van der Waals surface area contributed by atoms with E-state index < -0.39 is 10.8 Å². The van der Waals surface area contributed by atoms with E-state index in [2.05, 4.69) is 289 Å². The van der Waals surface area contributed by atoms with Crippen molar-refractivity contribution in [2.45, 2.75) is 10.8 Å². The van der Waals surface area contributed by atoms with Crippen LogP contribution in [0.25, 0.3) is 71.6 Å². The molecule has 74 heavy (non-hydrogen) atoms. The van der Waals surface area contributed by atoms with Gasteiger partial charge in [0.1, 0.15) is 0 Å². The number of anilines is 3. The molecular weight excluding hydrogens is 893 g/mol. The van der Waals surface area contributed by atoms with E-state index in [0.29, 0.717) is 0 Å². The Balaban J connectivity index is 1.07. The van der Waals surface area contributed by atoms with Gasteiger partial charge in [-0.3, -0.25) is 0 Å². The molecule has 2 aliphatic carbocycles. The van der Waals surface area contributed by atoms with Crippen LogP contribution in [0, 0.1) is 0 Å². The van der Waals surface area contributed by atoms with E-state index in [-0.39, 0.29) is 0 Å². The summed E-state index contributed by atoms with van der Waals surface area (Å²) in [7, 11) is 0. The summed E-state index contributed by atoms with van der Waals surface area (Å²) in [4.78, 5) is 2.63. The highest BCUT2D eigenvalue weighted by Gasteiger charge is 2.52. The predicted octanol–water partition coefficient (Wildman–Crippen LogP) is 18.1. The fourth-order valence-corrected chi connectivity index (χ4v) is 14.2. The Morgan fingerprint density at radius 3 is 1.53 bits per heavy atom. The number of para-hydroxylation sites is 4. The lowest BCUT2D eigenvalue weighted by atomic mass is 9.65. The van der Waals surface area contributed by atoms with E-state index in [4.69, 9.17) is 0 Å². The van der Waals surface area contributed by atoms with Crippen LogP contribution in [-0.4, -0.2) is 4.57 Å². The summed E-state index contributed by atoms with van der Waals surface area (Å²) >= 11 is 0. The fraction of sp³-hybridized carbons (Fsp3) is 0.0278. The van der Waals surface area contributed by atoms with Crippen LogP contribution in [0.15, 0.2) is 279 Å². The SMILES string of the molecule is c1ccc(-c2ccccc2N(c2cccc3c2-c2ccccc2C32c3ccccc3-n3c4ccccc4c4cccc2c43)c2cc3c(c4ccccc24)-c2ccccc2C3(c2ccccc2)c2ccccc2)cc1. The van der Waals surface area contributed by atoms with Crippen LogP contribution in [0.1, 0.15) is 44.5 Å². The number of benzene rings is 12. The molecule has 13 aromatic rings. The third-order valence-corrected chi connectivity index (χ3v) is 16.8. The molecule has 0 amide bonds. The maximum Gasteiger partial charge on any atom is 0.0755 e. The molecule has 12 aromatic carbocycles. The molecule has 2 heterocycles. The van der Waals surface area contributed by atoms with Gasteiger partial charge in [0.2, 0.25) is 0 Å². The number of nitrogens with zero attached hydrogens (tertiary/aromatic N) is 2. The number of fused-ring (bicyclic) bond motifs is 17. The van der Waals surface area contributed by atoms with Crippen LogP contribution < -0.4 is 4.90 Å². The molecule has 1 atom stereocenters. The summed E-state index contributed by atoms with van der Waals surface area (Å²) in [5, 5.41) is 4.97. The lowest BCUT2D eigenvalue weighted by Gasteiger charge is -2.40. The number of hydrogen-bond donors (Lipinski definition) is 0. The second-order valence-corrected chi connectivity index (χ2v) is 20.2. The van der Waals surface area contributed by atoms with E-state index in [0.717, 1.165) is 22.6 Å². The molecule has 0 bridgehead atoms. The number of rotatable bonds is 6. The summed E-state index contributed by atoms with van der Waals surface area (Å²) in [5.74, 6) is 0. The van der Waals surface area contributed by atoms with E-state index in [1.807, 2.05) is 0 Å². The van der Waals surface area contributed by atoms with E-state index in [9.17, 15) is 0 Å². The monoisotopic (exact) mass is 938 g/mol. The molecular formula is C72H46N2. The van der Waals surface area contributed by atoms with E-state index in [1.54, 1.807) is 0 Å². The zero-order valence-electron chi connectivity index (χ0n) is 40.5. The molecule has 1 unspecified atom stereocenters. The zero-order chi connectivity index (χ0) is 48.5. The predicted molar refractivity (Wildman–Crippen MR) is 307 cm³/mol. The van der Waals surface area contributed by atoms with Gasteiger partial charge in [0.15, 0.2) is 0 Å². The molecule has 16 rings (SSSR count). The van der Waals surface area contributed by atoms with Gasteiger partial charge in [-0.15, -0.1) is 0 Å². The van der Waals surface area contributed by atoms with Gasteiger partial charge in [-0.2, -0.15) is 0 Å². The maximum atomic E-state index is 2.63. The van der Waals surface area contributed by atoms with Crippen molar-refractivity contribution in [3.05, 3.63) is 324 Å². The molecule has 1 aliphatic heterocycles. The molecule has 3 aliphatic rings. The first-order valence-electron chi connectivity index (χ1n) is 25.9. The van der Waals surface area contributed by atoms with Gasteiger partial charge in [-0.1, -0.05) is 249 Å². The smallest absolute Gasteiger partial charge is 0.0755 e. The Labute approximate surface area is 430 Å². The minimum atomic E-state index is -0.621. The van der Waals surface area contributed by atoms with Gasteiger partial charge >= 0.3 is 0 Å². The first-order valence-corrected chi connectivity index (χ1v) is 25.9. The minimum absolute atomic E-state index is 0.615. The lowest BCUT2D eigenvalue weighted by molar-refractivity contribution is 0.748. The van der Waals surface area contributed by atoms with Gasteiger partial charge in [0.05, 0.1) is 44.6 Å². The number of aromatic nitrogens is 1. The number of hydrogen-bond acceptors (Lipinski definition) is 1. The first kappa shape index (κ1) is 41.2. The molecule has 0 radical (unpaired) electrons. The molecule has 2 nitrogen and oxygen atoms in total. The largest absolute Gasteiger partial charge is 0.309 e. The molecule has 0 saturated heterocycles. The Morgan fingerprint density at radius 2 is 0.784 bits per heavy atom. The van der Waals surface area contributed by atoms with Crippen molar-refractivity contribution in [2.75, 3.05) is 4.90 Å². The quantitative estimate of drug-likeness (QED) is 0.161. The van der Waals surface area contributed by atoms with E-state index in [1.165, 1.54) is 111 Å². The average molecular weight is 939 g/mol. The highest BCUT2D eigenvalue weighted by atomic mass is 15.2. The Kier molecular flexibility index (Phi) is 8.62. The van der Waals surface area contributed by atoms with Gasteiger partial charge in [-0.25, -0.2) is 0 Å². The van der Waals surface area contributed by atoms with Crippen molar-refractivity contribution in [2.24, 2.45) is 0 Å². The first-order chi connectivity index (χ1) is 36.8. The standard InChI is InChI=1S/C72H46N2/c1-4-24-47(25-5-1)50-30-14-19-42-63(50)73(67-46-62-68(53-33-11-10-31-51(53)67)55-34-12-16-37-57(55)71(62,48-26-6-2-7-27-48)49-28-8-3-9-29-49)66-45-23-40-60-69(66)56-35-13-17-38-58(56)72(60)59-39-18-21-44-65(59)74-64-43-20-15-32-52(64)54-36-22-41-61(72)70(54)74/h1-46H. The van der Waals surface area contributed by atoms with Crippen molar-refractivity contribution in [3.8, 4) is 39.1 Å². The normalized spacial score (nSPS) is 15.2. The highest BCUT2D eigenvalue weighted by molar-refractivity contribution is 6.15. The lowest BCUT2D eigenvalue weighted by Crippen LogP contribution is -2.33. The molecule has 0 fully saturated rings. The third-order valence-electron chi connectivity index (χ3n) is 16.8. The molecule has 0 saturated carbocycles. The zero-order valence-corrected chi connectivity index (χ0v) is 40.5. The Bertz CT molecular complexity index is 4390. The van der Waals surface area contributed by atoms with Crippen molar-refractivity contribution < 1.29 is 0 Å². The van der Waals surface area contributed by atoms with Crippen LogP contribution >= 0.6 is 0 Å². The minimum Gasteiger partial charge on any atom is -0.309 e. The van der Waals surface area contributed by atoms with Crippen molar-refractivity contribution >= 4 is 49.6 Å². The second-order valence-electron chi connectivity index (χ2n) is 20.2. The van der Waals surface area contributed by atoms with E-state index >= 15 is 0 Å². The van der Waals surface area contributed by atoms with Gasteiger partial charge in [0.25, 0.3) is 0 Å². The van der Waals surface area contributed by atoms with Gasteiger partial charge < -0.3 is 9.47 Å². The third kappa shape index (κ3) is 5.23. The summed E-state index contributed by atoms with van der Waals surface area (Å²) in [5.41, 5.74) is 23.5. The summed E-state index contributed by atoms with van der Waals surface area (Å²) in [6, 6.07) is 105. The summed E-state index contributed by atoms with van der Waals surface area (Å²) in [6.07, 6.45) is 0. The van der Waals surface area contributed by atoms with Crippen LogP contribution in [0.5, 0.6) is 0 Å². The van der Waals surface area contributed by atoms with Crippen LogP contribution in [0.2, 0.25) is 0 Å². The molecule has 0 N–H and O–H groups in total. The van der Waals surface area contributed by atoms with Crippen LogP contribution in [-0.2, 0) is 10.8 Å². The molecule has 1 spiro atoms. The van der Waals surface area contributed by atoms with Crippen molar-refractivity contribution in [3.63, 3.8) is 0 Å². The summed E-state index contributed by atoms with van der Waals surface area (Å²) in [6.45, 7) is 0. The fourth-order valence-electron chi connectivity index (χ4n) is 14.2. The molecule has 2 heteroatoms. The van der Waals surface area contributed by atoms with Gasteiger partial charge in [0, 0.05) is 27.3 Å². The van der Waals surface area contributed by atoms with Crippen LogP contribution in [0.4, 0.5) is 17.1 Å². The highest BCUT2D eigenvalue weighted by Crippen LogP contribution is 2.65. The molecule has 1 aromatic heterocycles.